The minimum Gasteiger partial charge on any atom is -0.497 e. The molecule has 0 radical (unpaired) electrons. The molecule has 2 aromatic heterocycles. The maximum atomic E-state index is 13.2. The molecule has 2 aliphatic rings. The SMILES string of the molecule is COc1ccc(-c2cccc(N(C3CCCc4c3cnn4CC(=O)OC(=O)Cn3ncc4c3CCCC4N(c3ccc(-c4ccc(Cl)cc4)cc3)S(=O)O)S(=O)O)c2)cc1. The van der Waals surface area contributed by atoms with Gasteiger partial charge in [0.1, 0.15) is 18.8 Å². The summed E-state index contributed by atoms with van der Waals surface area (Å²) in [6, 6.07) is 28.7. The molecule has 4 aromatic carbocycles. The number of benzene rings is 4. The van der Waals surface area contributed by atoms with Crippen molar-refractivity contribution in [1.29, 1.82) is 0 Å². The summed E-state index contributed by atoms with van der Waals surface area (Å²) in [5.74, 6) is -0.906. The van der Waals surface area contributed by atoms with Crippen LogP contribution < -0.4 is 13.3 Å². The third-order valence-electron chi connectivity index (χ3n) is 11.0. The van der Waals surface area contributed by atoms with Gasteiger partial charge in [0.15, 0.2) is 0 Å². The minimum absolute atomic E-state index is 0.335. The predicted molar refractivity (Wildman–Crippen MR) is 229 cm³/mol. The number of aromatic nitrogens is 4. The Hall–Kier alpha value is -5.65. The third-order valence-corrected chi connectivity index (χ3v) is 12.8. The van der Waals surface area contributed by atoms with E-state index in [1.54, 1.807) is 49.8 Å². The van der Waals surface area contributed by atoms with Crippen LogP contribution in [0.4, 0.5) is 11.4 Å². The summed E-state index contributed by atoms with van der Waals surface area (Å²) >= 11 is 1.30. The summed E-state index contributed by atoms with van der Waals surface area (Å²) in [5.41, 5.74) is 7.63. The number of halogens is 1. The van der Waals surface area contributed by atoms with Crippen molar-refractivity contribution in [1.82, 2.24) is 19.6 Å². The normalized spacial score (nSPS) is 16.9. The van der Waals surface area contributed by atoms with Crippen molar-refractivity contribution in [3.63, 3.8) is 0 Å². The maximum absolute atomic E-state index is 13.2. The first-order chi connectivity index (χ1) is 29.1. The zero-order valence-electron chi connectivity index (χ0n) is 32.4. The Kier molecular flexibility index (Phi) is 12.3. The Balaban J connectivity index is 0.933. The number of anilines is 2. The fraction of sp³-hybridized carbons (Fsp3) is 0.256. The molecular weight excluding hydrogens is 828 g/mol. The smallest absolute Gasteiger partial charge is 0.335 e. The average molecular weight is 869 g/mol. The highest BCUT2D eigenvalue weighted by molar-refractivity contribution is 7.81. The predicted octanol–water partition coefficient (Wildman–Crippen LogP) is 7.89. The quantitative estimate of drug-likeness (QED) is 0.0662. The highest BCUT2D eigenvalue weighted by Crippen LogP contribution is 2.40. The van der Waals surface area contributed by atoms with E-state index in [2.05, 4.69) is 10.2 Å². The van der Waals surface area contributed by atoms with E-state index in [0.29, 0.717) is 66.0 Å². The van der Waals surface area contributed by atoms with Crippen molar-refractivity contribution < 1.29 is 36.6 Å². The van der Waals surface area contributed by atoms with E-state index in [9.17, 15) is 27.1 Å². The van der Waals surface area contributed by atoms with E-state index in [0.717, 1.165) is 39.4 Å². The highest BCUT2D eigenvalue weighted by Gasteiger charge is 2.35. The van der Waals surface area contributed by atoms with Gasteiger partial charge in [-0.1, -0.05) is 60.1 Å². The van der Waals surface area contributed by atoms with E-state index in [-0.39, 0.29) is 13.1 Å². The summed E-state index contributed by atoms with van der Waals surface area (Å²) in [4.78, 5) is 26.3. The Morgan fingerprint density at radius 1 is 0.700 bits per heavy atom. The summed E-state index contributed by atoms with van der Waals surface area (Å²) in [6.07, 6.45) is 6.87. The molecule has 0 aliphatic heterocycles. The number of rotatable bonds is 13. The second-order valence-electron chi connectivity index (χ2n) is 14.5. The number of fused-ring (bicyclic) bond motifs is 2. The molecule has 2 N–H and O–H groups in total. The molecule has 310 valence electrons. The molecule has 0 amide bonds. The van der Waals surface area contributed by atoms with Crippen molar-refractivity contribution in [3.8, 4) is 28.0 Å². The minimum atomic E-state index is -2.38. The van der Waals surface area contributed by atoms with Crippen LogP contribution in [0.25, 0.3) is 22.3 Å². The van der Waals surface area contributed by atoms with Crippen molar-refractivity contribution in [2.75, 3.05) is 15.7 Å². The van der Waals surface area contributed by atoms with E-state index in [1.807, 2.05) is 66.7 Å². The first-order valence-electron chi connectivity index (χ1n) is 19.3. The van der Waals surface area contributed by atoms with Crippen molar-refractivity contribution in [2.24, 2.45) is 0 Å². The zero-order chi connectivity index (χ0) is 41.9. The number of nitrogens with zero attached hydrogens (tertiary/aromatic N) is 6. The lowest BCUT2D eigenvalue weighted by molar-refractivity contribution is -0.160. The Labute approximate surface area is 356 Å². The molecule has 60 heavy (non-hydrogen) atoms. The average Bonchev–Trinajstić information content (AvgIpc) is 3.86. The molecule has 4 unspecified atom stereocenters. The lowest BCUT2D eigenvalue weighted by Crippen LogP contribution is -2.33. The molecule has 0 saturated carbocycles. The molecule has 2 heterocycles. The van der Waals surface area contributed by atoms with Crippen molar-refractivity contribution in [3.05, 3.63) is 137 Å². The lowest BCUT2D eigenvalue weighted by atomic mass is 9.92. The van der Waals surface area contributed by atoms with Crippen LogP contribution in [0.15, 0.2) is 109 Å². The molecule has 14 nitrogen and oxygen atoms in total. The summed E-state index contributed by atoms with van der Waals surface area (Å²) in [5, 5.41) is 9.51. The first kappa shape index (κ1) is 41.1. The second-order valence-corrected chi connectivity index (χ2v) is 16.7. The Morgan fingerprint density at radius 3 is 1.70 bits per heavy atom. The molecule has 0 saturated heterocycles. The monoisotopic (exact) mass is 868 g/mol. The number of esters is 2. The van der Waals surface area contributed by atoms with Gasteiger partial charge in [-0.25, -0.2) is 18.0 Å². The molecule has 8 rings (SSSR count). The van der Waals surface area contributed by atoms with E-state index in [4.69, 9.17) is 21.1 Å². The number of hydrogen-bond donors (Lipinski definition) is 2. The van der Waals surface area contributed by atoms with Crippen LogP contribution >= 0.6 is 11.6 Å². The lowest BCUT2D eigenvalue weighted by Gasteiger charge is -2.33. The van der Waals surface area contributed by atoms with Gasteiger partial charge >= 0.3 is 11.9 Å². The number of carbonyl (C=O) groups excluding carboxylic acids is 2. The van der Waals surface area contributed by atoms with Gasteiger partial charge in [-0.15, -0.1) is 0 Å². The molecule has 17 heteroatoms. The van der Waals surface area contributed by atoms with E-state index in [1.165, 1.54) is 18.0 Å². The van der Waals surface area contributed by atoms with Gasteiger partial charge < -0.3 is 9.47 Å². The van der Waals surface area contributed by atoms with Gasteiger partial charge in [0.25, 0.3) is 22.5 Å². The summed E-state index contributed by atoms with van der Waals surface area (Å²) < 4.78 is 63.2. The van der Waals surface area contributed by atoms with Crippen LogP contribution in [0.2, 0.25) is 5.02 Å². The van der Waals surface area contributed by atoms with Crippen LogP contribution in [0, 0.1) is 0 Å². The number of methoxy groups -OCH3 is 1. The number of ether oxygens (including phenoxy) is 2. The van der Waals surface area contributed by atoms with Gasteiger partial charge in [0.2, 0.25) is 0 Å². The standard InChI is InChI=1S/C43H41ClN6O8S2/c1-57-35-21-15-30(16-22-35)31-5-2-6-34(23-31)50(60(55)56)41-10-4-8-39-37(41)25-46-48(39)27-43(52)58-42(51)26-47-38-7-3-9-40(36(38)24-45-47)49(59(53)54)33-19-13-29(14-20-33)28-11-17-32(44)18-12-28/h2,5-6,11-25,40-41H,3-4,7-10,26-27H2,1H3,(H,53,54)(H,55,56). The molecule has 4 atom stereocenters. The molecule has 6 aromatic rings. The topological polar surface area (TPSA) is 169 Å². The first-order valence-corrected chi connectivity index (χ1v) is 21.8. The second kappa shape index (κ2) is 17.9. The fourth-order valence-electron chi connectivity index (χ4n) is 8.19. The van der Waals surface area contributed by atoms with Crippen LogP contribution in [-0.2, 0) is 62.8 Å². The van der Waals surface area contributed by atoms with Crippen LogP contribution in [0.3, 0.4) is 0 Å². The summed E-state index contributed by atoms with van der Waals surface area (Å²) in [7, 11) is 1.60. The van der Waals surface area contributed by atoms with E-state index >= 15 is 0 Å². The fourth-order valence-corrected chi connectivity index (χ4v) is 9.79. The highest BCUT2D eigenvalue weighted by atomic mass is 35.5. The van der Waals surface area contributed by atoms with Gasteiger partial charge in [-0.2, -0.15) is 10.2 Å². The van der Waals surface area contributed by atoms with Crippen LogP contribution in [0.5, 0.6) is 5.75 Å². The zero-order valence-corrected chi connectivity index (χ0v) is 34.8. The molecule has 2 aliphatic carbocycles. The van der Waals surface area contributed by atoms with Gasteiger partial charge in [0, 0.05) is 27.5 Å². The van der Waals surface area contributed by atoms with Crippen LogP contribution in [-0.4, -0.2) is 56.1 Å². The molecule has 0 fully saturated rings. The van der Waals surface area contributed by atoms with E-state index < -0.39 is 46.6 Å². The van der Waals surface area contributed by atoms with Crippen molar-refractivity contribution in [2.45, 2.75) is 63.7 Å². The van der Waals surface area contributed by atoms with Gasteiger partial charge in [-0.05, 0) is 109 Å². The Morgan fingerprint density at radius 2 is 1.18 bits per heavy atom. The molecule has 0 bridgehead atoms. The maximum Gasteiger partial charge on any atom is 0.335 e. The largest absolute Gasteiger partial charge is 0.497 e. The molecular formula is C43H41ClN6O8S2. The third kappa shape index (κ3) is 8.65. The van der Waals surface area contributed by atoms with Crippen LogP contribution in [0.1, 0.15) is 60.3 Å². The van der Waals surface area contributed by atoms with Gasteiger partial charge in [0.05, 0.1) is 43.0 Å². The van der Waals surface area contributed by atoms with Crippen molar-refractivity contribution >= 4 is 57.4 Å². The number of carbonyl (C=O) groups is 2. The molecule has 0 spiro atoms. The number of hydrogen-bond acceptors (Lipinski definition) is 8. The van der Waals surface area contributed by atoms with Gasteiger partial charge in [-0.3, -0.25) is 27.1 Å². The Bertz CT molecular complexity index is 2560. The summed E-state index contributed by atoms with van der Waals surface area (Å²) in [6.45, 7) is -0.672.